The van der Waals surface area contributed by atoms with Crippen LogP contribution in [0.3, 0.4) is 0 Å². The van der Waals surface area contributed by atoms with E-state index in [1.165, 1.54) is 0 Å². The molecule has 2 aromatic heterocycles. The Hall–Kier alpha value is -4.51. The van der Waals surface area contributed by atoms with Crippen LogP contribution < -0.4 is 30.7 Å². The number of hydrogen-bond acceptors (Lipinski definition) is 10. The first-order chi connectivity index (χ1) is 18.0. The Morgan fingerprint density at radius 2 is 1.95 bits per heavy atom. The van der Waals surface area contributed by atoms with E-state index in [1.807, 2.05) is 54.3 Å². The molecular weight excluding hydrogens is 472 g/mol. The Bertz CT molecular complexity index is 1460. The molecule has 3 heterocycles. The average Bonchev–Trinajstić information content (AvgIpc) is 2.92. The zero-order chi connectivity index (χ0) is 25.9. The number of nitrogens with two attached hydrogens (primary N) is 1. The summed E-state index contributed by atoms with van der Waals surface area (Å²) in [5, 5.41) is 6.32. The van der Waals surface area contributed by atoms with Gasteiger partial charge < -0.3 is 30.7 Å². The summed E-state index contributed by atoms with van der Waals surface area (Å²) >= 11 is 0. The fourth-order valence-electron chi connectivity index (χ4n) is 4.38. The van der Waals surface area contributed by atoms with Crippen molar-refractivity contribution in [3.8, 4) is 22.8 Å². The first kappa shape index (κ1) is 24.2. The summed E-state index contributed by atoms with van der Waals surface area (Å²) in [4.78, 5) is 33.4. The van der Waals surface area contributed by atoms with Crippen LogP contribution in [0.15, 0.2) is 48.7 Å². The molecule has 4 aromatic rings. The van der Waals surface area contributed by atoms with Crippen LogP contribution in [0.4, 0.5) is 17.5 Å². The molecule has 0 saturated carbocycles. The van der Waals surface area contributed by atoms with Crippen molar-refractivity contribution in [1.82, 2.24) is 25.3 Å². The monoisotopic (exact) mass is 500 g/mol. The van der Waals surface area contributed by atoms with Crippen LogP contribution in [-0.4, -0.2) is 65.7 Å². The molecule has 1 amide bonds. The highest BCUT2D eigenvalue weighted by Crippen LogP contribution is 2.33. The number of nitrogen functional groups attached to an aromatic ring is 1. The Morgan fingerprint density at radius 1 is 1.11 bits per heavy atom. The number of hydrogen-bond donors (Lipinski definition) is 3. The Balaban J connectivity index is 1.54. The molecule has 1 aliphatic heterocycles. The number of rotatable bonds is 6. The minimum Gasteiger partial charge on any atom is -0.493 e. The van der Waals surface area contributed by atoms with Crippen molar-refractivity contribution in [3.63, 3.8) is 0 Å². The van der Waals surface area contributed by atoms with E-state index in [0.29, 0.717) is 53.8 Å². The molecule has 11 nitrogen and oxygen atoms in total. The van der Waals surface area contributed by atoms with Crippen LogP contribution in [0.25, 0.3) is 22.4 Å². The van der Waals surface area contributed by atoms with Crippen molar-refractivity contribution in [2.24, 2.45) is 0 Å². The molecule has 37 heavy (non-hydrogen) atoms. The lowest BCUT2D eigenvalue weighted by atomic mass is 10.1. The van der Waals surface area contributed by atoms with Gasteiger partial charge in [-0.25, -0.2) is 9.97 Å². The molecule has 1 unspecified atom stereocenters. The minimum atomic E-state index is -0.543. The van der Waals surface area contributed by atoms with Crippen LogP contribution in [-0.2, 0) is 4.79 Å². The van der Waals surface area contributed by atoms with Crippen LogP contribution in [0.1, 0.15) is 5.56 Å². The van der Waals surface area contributed by atoms with Crippen molar-refractivity contribution < 1.29 is 14.3 Å². The van der Waals surface area contributed by atoms with Gasteiger partial charge in [0.15, 0.2) is 28.5 Å². The van der Waals surface area contributed by atoms with Crippen LogP contribution in [0.2, 0.25) is 0 Å². The van der Waals surface area contributed by atoms with Gasteiger partial charge >= 0.3 is 0 Å². The number of benzene rings is 2. The summed E-state index contributed by atoms with van der Waals surface area (Å²) in [6, 6.07) is 12.6. The number of amides is 1. The number of ether oxygens (including phenoxy) is 2. The molecular formula is C26H28N8O3. The maximum absolute atomic E-state index is 13.4. The Kier molecular flexibility index (Phi) is 6.69. The van der Waals surface area contributed by atoms with Gasteiger partial charge in [0.2, 0.25) is 11.9 Å². The second kappa shape index (κ2) is 10.2. The van der Waals surface area contributed by atoms with E-state index in [2.05, 4.69) is 25.6 Å². The van der Waals surface area contributed by atoms with Crippen molar-refractivity contribution in [1.29, 1.82) is 0 Å². The molecule has 11 heteroatoms. The molecule has 2 aromatic carbocycles. The van der Waals surface area contributed by atoms with E-state index in [9.17, 15) is 4.79 Å². The predicted octanol–water partition coefficient (Wildman–Crippen LogP) is 2.41. The van der Waals surface area contributed by atoms with E-state index in [0.717, 1.165) is 16.8 Å². The normalized spacial score (nSPS) is 15.4. The number of fused-ring (bicyclic) bond motifs is 1. The zero-order valence-electron chi connectivity index (χ0n) is 20.9. The number of methoxy groups -OCH3 is 2. The van der Waals surface area contributed by atoms with Gasteiger partial charge in [-0.3, -0.25) is 4.79 Å². The third kappa shape index (κ3) is 4.94. The van der Waals surface area contributed by atoms with Crippen LogP contribution >= 0.6 is 0 Å². The van der Waals surface area contributed by atoms with Crippen LogP contribution in [0, 0.1) is 6.92 Å². The van der Waals surface area contributed by atoms with Crippen molar-refractivity contribution in [3.05, 3.63) is 54.2 Å². The SMILES string of the molecule is COc1ccc(-c2cnc3nc(N)nc(N4CCNCC4C(=O)Nc4cccc(C)c4)c3n2)cc1OC. The lowest BCUT2D eigenvalue weighted by Gasteiger charge is -2.36. The minimum absolute atomic E-state index is 0.0621. The average molecular weight is 501 g/mol. The van der Waals surface area contributed by atoms with Gasteiger partial charge in [0.05, 0.1) is 26.1 Å². The van der Waals surface area contributed by atoms with E-state index < -0.39 is 6.04 Å². The topological polar surface area (TPSA) is 140 Å². The summed E-state index contributed by atoms with van der Waals surface area (Å²) in [7, 11) is 3.16. The quantitative estimate of drug-likeness (QED) is 0.361. The van der Waals surface area contributed by atoms with Crippen molar-refractivity contribution in [2.45, 2.75) is 13.0 Å². The number of carbonyl (C=O) groups excluding carboxylic acids is 1. The van der Waals surface area contributed by atoms with E-state index in [1.54, 1.807) is 20.4 Å². The number of nitrogens with zero attached hydrogens (tertiary/aromatic N) is 5. The second-order valence-corrected chi connectivity index (χ2v) is 8.67. The predicted molar refractivity (Wildman–Crippen MR) is 142 cm³/mol. The van der Waals surface area contributed by atoms with Gasteiger partial charge in [0.1, 0.15) is 6.04 Å². The fourth-order valence-corrected chi connectivity index (χ4v) is 4.38. The van der Waals surface area contributed by atoms with Crippen LogP contribution in [0.5, 0.6) is 11.5 Å². The highest BCUT2D eigenvalue weighted by atomic mass is 16.5. The first-order valence-electron chi connectivity index (χ1n) is 11.8. The number of piperazine rings is 1. The molecule has 190 valence electrons. The number of aromatic nitrogens is 4. The number of anilines is 3. The third-order valence-electron chi connectivity index (χ3n) is 6.19. The first-order valence-corrected chi connectivity index (χ1v) is 11.8. The van der Waals surface area contributed by atoms with Gasteiger partial charge in [-0.15, -0.1) is 0 Å². The number of aryl methyl sites for hydroxylation is 1. The third-order valence-corrected chi connectivity index (χ3v) is 6.19. The molecule has 1 atom stereocenters. The summed E-state index contributed by atoms with van der Waals surface area (Å²) in [5.74, 6) is 1.55. The van der Waals surface area contributed by atoms with Crippen molar-refractivity contribution >= 4 is 34.5 Å². The molecule has 0 aliphatic carbocycles. The van der Waals surface area contributed by atoms with Gasteiger partial charge in [-0.1, -0.05) is 12.1 Å². The molecule has 4 N–H and O–H groups in total. The van der Waals surface area contributed by atoms with E-state index in [-0.39, 0.29) is 11.9 Å². The summed E-state index contributed by atoms with van der Waals surface area (Å²) in [6.07, 6.45) is 1.62. The molecule has 1 saturated heterocycles. The summed E-state index contributed by atoms with van der Waals surface area (Å²) in [5.41, 5.74) is 10.0. The Morgan fingerprint density at radius 3 is 2.73 bits per heavy atom. The fraction of sp³-hybridized carbons (Fsp3) is 0.269. The molecule has 1 aliphatic rings. The second-order valence-electron chi connectivity index (χ2n) is 8.67. The smallest absolute Gasteiger partial charge is 0.248 e. The molecule has 5 rings (SSSR count). The van der Waals surface area contributed by atoms with Gasteiger partial charge in [0, 0.05) is 30.9 Å². The van der Waals surface area contributed by atoms with E-state index in [4.69, 9.17) is 20.2 Å². The van der Waals surface area contributed by atoms with Gasteiger partial charge in [0.25, 0.3) is 0 Å². The lowest BCUT2D eigenvalue weighted by molar-refractivity contribution is -0.117. The number of nitrogens with one attached hydrogen (secondary N) is 2. The zero-order valence-corrected chi connectivity index (χ0v) is 20.9. The summed E-state index contributed by atoms with van der Waals surface area (Å²) < 4.78 is 10.8. The molecule has 0 spiro atoms. The largest absolute Gasteiger partial charge is 0.493 e. The number of carbonyl (C=O) groups is 1. The maximum atomic E-state index is 13.4. The summed E-state index contributed by atoms with van der Waals surface area (Å²) in [6.45, 7) is 3.61. The Labute approximate surface area is 214 Å². The maximum Gasteiger partial charge on any atom is 0.248 e. The molecule has 0 radical (unpaired) electrons. The van der Waals surface area contributed by atoms with Gasteiger partial charge in [-0.05, 0) is 42.8 Å². The lowest BCUT2D eigenvalue weighted by Crippen LogP contribution is -2.57. The highest BCUT2D eigenvalue weighted by Gasteiger charge is 2.32. The molecule has 0 bridgehead atoms. The van der Waals surface area contributed by atoms with Gasteiger partial charge in [-0.2, -0.15) is 9.97 Å². The molecule has 1 fully saturated rings. The highest BCUT2D eigenvalue weighted by molar-refractivity contribution is 5.98. The van der Waals surface area contributed by atoms with E-state index >= 15 is 0 Å². The standard InChI is InChI=1S/C26H28N8O3/c1-15-5-4-6-17(11-15)30-25(35)19-14-28-9-10-34(19)24-22-23(32-26(27)33-24)29-13-18(31-22)16-7-8-20(36-2)21(12-16)37-3/h4-8,11-13,19,28H,9-10,14H2,1-3H3,(H,30,35)(H2,27,29,32,33). The van der Waals surface area contributed by atoms with Crippen molar-refractivity contribution in [2.75, 3.05) is 49.8 Å².